The Morgan fingerprint density at radius 2 is 2.25 bits per heavy atom. The van der Waals surface area contributed by atoms with E-state index < -0.39 is 12.0 Å². The molecule has 1 unspecified atom stereocenters. The van der Waals surface area contributed by atoms with Crippen LogP contribution in [0.2, 0.25) is 0 Å². The first kappa shape index (κ1) is 12.3. The number of hydrazone groups is 1. The van der Waals surface area contributed by atoms with Gasteiger partial charge >= 0.3 is 5.97 Å². The zero-order chi connectivity index (χ0) is 14.1. The third kappa shape index (κ3) is 1.93. The number of benzene rings is 1. The molecule has 7 heteroatoms. The number of hydrogen-bond donors (Lipinski definition) is 1. The van der Waals surface area contributed by atoms with E-state index in [1.807, 2.05) is 24.3 Å². The molecule has 0 radical (unpaired) electrons. The molecule has 1 amide bonds. The SMILES string of the molecule is COC(=O)CC1C(=O)NN=C2c3ccccc3N=CN21. The van der Waals surface area contributed by atoms with Gasteiger partial charge in [0.2, 0.25) is 0 Å². The number of amides is 1. The number of esters is 1. The third-order valence-corrected chi connectivity index (χ3v) is 3.21. The summed E-state index contributed by atoms with van der Waals surface area (Å²) in [6.45, 7) is 0. The van der Waals surface area contributed by atoms with E-state index in [2.05, 4.69) is 20.3 Å². The Balaban J connectivity index is 1.98. The molecule has 102 valence electrons. The molecule has 2 heterocycles. The summed E-state index contributed by atoms with van der Waals surface area (Å²) in [4.78, 5) is 29.2. The quantitative estimate of drug-likeness (QED) is 0.789. The number of nitrogens with one attached hydrogen (secondary N) is 1. The molecule has 0 spiro atoms. The Labute approximate surface area is 114 Å². The zero-order valence-electron chi connectivity index (χ0n) is 10.7. The first-order valence-electron chi connectivity index (χ1n) is 6.07. The Morgan fingerprint density at radius 3 is 3.05 bits per heavy atom. The molecule has 0 aromatic heterocycles. The van der Waals surface area contributed by atoms with Crippen LogP contribution in [0.1, 0.15) is 12.0 Å². The highest BCUT2D eigenvalue weighted by Crippen LogP contribution is 2.27. The van der Waals surface area contributed by atoms with Crippen LogP contribution in [0.3, 0.4) is 0 Å². The molecular formula is C13H12N4O3. The van der Waals surface area contributed by atoms with Gasteiger partial charge in [0.1, 0.15) is 6.04 Å². The number of rotatable bonds is 2. The summed E-state index contributed by atoms with van der Waals surface area (Å²) >= 11 is 0. The molecule has 1 aromatic rings. The maximum Gasteiger partial charge on any atom is 0.308 e. The highest BCUT2D eigenvalue weighted by atomic mass is 16.5. The number of methoxy groups -OCH3 is 1. The Morgan fingerprint density at radius 1 is 1.45 bits per heavy atom. The predicted molar refractivity (Wildman–Crippen MR) is 71.5 cm³/mol. The Hall–Kier alpha value is -2.70. The average molecular weight is 272 g/mol. The second-order valence-corrected chi connectivity index (χ2v) is 4.38. The summed E-state index contributed by atoms with van der Waals surface area (Å²) in [5.74, 6) is -0.243. The largest absolute Gasteiger partial charge is 0.469 e. The fraction of sp³-hybridized carbons (Fsp3) is 0.231. The van der Waals surface area contributed by atoms with Gasteiger partial charge in [0.25, 0.3) is 5.91 Å². The molecule has 1 aromatic carbocycles. The van der Waals surface area contributed by atoms with Gasteiger partial charge in [0.05, 0.1) is 25.6 Å². The molecule has 0 bridgehead atoms. The number of aliphatic imine (C=N–C) groups is 1. The highest BCUT2D eigenvalue weighted by molar-refractivity contribution is 6.14. The second kappa shape index (κ2) is 4.76. The number of carbonyl (C=O) groups excluding carboxylic acids is 2. The third-order valence-electron chi connectivity index (χ3n) is 3.21. The van der Waals surface area contributed by atoms with E-state index in [9.17, 15) is 9.59 Å². The van der Waals surface area contributed by atoms with Crippen LogP contribution in [-0.4, -0.2) is 42.1 Å². The van der Waals surface area contributed by atoms with Gasteiger partial charge in [-0.3, -0.25) is 9.59 Å². The number of hydrogen-bond acceptors (Lipinski definition) is 6. The summed E-state index contributed by atoms with van der Waals surface area (Å²) < 4.78 is 4.62. The van der Waals surface area contributed by atoms with Gasteiger partial charge in [-0.25, -0.2) is 10.4 Å². The number of carbonyl (C=O) groups is 2. The van der Waals surface area contributed by atoms with E-state index in [1.54, 1.807) is 4.90 Å². The number of para-hydroxylation sites is 1. The predicted octanol–water partition coefficient (Wildman–Crippen LogP) is 0.385. The van der Waals surface area contributed by atoms with Crippen molar-refractivity contribution in [1.29, 1.82) is 0 Å². The molecule has 7 nitrogen and oxygen atoms in total. The van der Waals surface area contributed by atoms with Crippen LogP contribution in [0.15, 0.2) is 34.4 Å². The van der Waals surface area contributed by atoms with Crippen molar-refractivity contribution in [2.75, 3.05) is 7.11 Å². The maximum absolute atomic E-state index is 11.9. The van der Waals surface area contributed by atoms with Crippen LogP contribution in [0.25, 0.3) is 0 Å². The minimum absolute atomic E-state index is 0.0600. The highest BCUT2D eigenvalue weighted by Gasteiger charge is 2.36. The fourth-order valence-corrected chi connectivity index (χ4v) is 2.18. The van der Waals surface area contributed by atoms with E-state index in [4.69, 9.17) is 0 Å². The van der Waals surface area contributed by atoms with E-state index in [0.29, 0.717) is 5.84 Å². The maximum atomic E-state index is 11.9. The minimum atomic E-state index is -0.702. The molecule has 20 heavy (non-hydrogen) atoms. The van der Waals surface area contributed by atoms with Crippen molar-refractivity contribution in [3.8, 4) is 0 Å². The van der Waals surface area contributed by atoms with Crippen molar-refractivity contribution in [1.82, 2.24) is 10.3 Å². The van der Waals surface area contributed by atoms with Gasteiger partial charge in [-0.15, -0.1) is 0 Å². The van der Waals surface area contributed by atoms with Crippen LogP contribution < -0.4 is 5.43 Å². The average Bonchev–Trinajstić information content (AvgIpc) is 2.49. The first-order valence-corrected chi connectivity index (χ1v) is 6.07. The molecule has 1 atom stereocenters. The smallest absolute Gasteiger partial charge is 0.308 e. The van der Waals surface area contributed by atoms with Gasteiger partial charge in [0.15, 0.2) is 5.84 Å². The van der Waals surface area contributed by atoms with Crippen LogP contribution in [0.5, 0.6) is 0 Å². The second-order valence-electron chi connectivity index (χ2n) is 4.38. The number of nitrogens with zero attached hydrogens (tertiary/aromatic N) is 3. The van der Waals surface area contributed by atoms with E-state index >= 15 is 0 Å². The molecule has 0 fully saturated rings. The van der Waals surface area contributed by atoms with Gasteiger partial charge in [-0.2, -0.15) is 5.10 Å². The van der Waals surface area contributed by atoms with Crippen LogP contribution in [0.4, 0.5) is 5.69 Å². The summed E-state index contributed by atoms with van der Waals surface area (Å²) in [6.07, 6.45) is 1.46. The topological polar surface area (TPSA) is 83.4 Å². The fourth-order valence-electron chi connectivity index (χ4n) is 2.18. The van der Waals surface area contributed by atoms with E-state index in [0.717, 1.165) is 11.3 Å². The number of ether oxygens (including phenoxy) is 1. The standard InChI is InChI=1S/C13H12N4O3/c1-20-11(18)6-10-13(19)16-15-12-8-4-2-3-5-9(8)14-7-17(10)12/h2-5,7,10H,6H2,1H3,(H,16,19). The van der Waals surface area contributed by atoms with E-state index in [-0.39, 0.29) is 12.3 Å². The summed E-state index contributed by atoms with van der Waals surface area (Å²) in [6, 6.07) is 6.76. The molecule has 0 saturated carbocycles. The zero-order valence-corrected chi connectivity index (χ0v) is 10.7. The van der Waals surface area contributed by atoms with Gasteiger partial charge in [-0.05, 0) is 12.1 Å². The monoisotopic (exact) mass is 272 g/mol. The van der Waals surface area contributed by atoms with E-state index in [1.165, 1.54) is 13.4 Å². The lowest BCUT2D eigenvalue weighted by atomic mass is 10.1. The Kier molecular flexibility index (Phi) is 2.94. The minimum Gasteiger partial charge on any atom is -0.469 e. The number of amidine groups is 1. The molecule has 0 aliphatic carbocycles. The molecule has 2 aliphatic heterocycles. The van der Waals surface area contributed by atoms with Gasteiger partial charge in [-0.1, -0.05) is 12.1 Å². The lowest BCUT2D eigenvalue weighted by Crippen LogP contribution is -2.54. The normalized spacial score (nSPS) is 19.6. The van der Waals surface area contributed by atoms with Crippen LogP contribution in [0, 0.1) is 0 Å². The van der Waals surface area contributed by atoms with Gasteiger partial charge < -0.3 is 9.64 Å². The van der Waals surface area contributed by atoms with Crippen molar-refractivity contribution < 1.29 is 14.3 Å². The van der Waals surface area contributed by atoms with Gasteiger partial charge in [0, 0.05) is 5.56 Å². The first-order chi connectivity index (χ1) is 9.70. The molecular weight excluding hydrogens is 260 g/mol. The van der Waals surface area contributed by atoms with Crippen molar-refractivity contribution in [3.63, 3.8) is 0 Å². The molecule has 0 saturated heterocycles. The van der Waals surface area contributed by atoms with Crippen molar-refractivity contribution >= 4 is 29.7 Å². The van der Waals surface area contributed by atoms with Crippen LogP contribution in [-0.2, 0) is 14.3 Å². The van der Waals surface area contributed by atoms with Crippen molar-refractivity contribution in [2.45, 2.75) is 12.5 Å². The summed E-state index contributed by atoms with van der Waals surface area (Å²) in [7, 11) is 1.29. The lowest BCUT2D eigenvalue weighted by molar-refractivity contribution is -0.143. The summed E-state index contributed by atoms with van der Waals surface area (Å²) in [5.41, 5.74) is 4.02. The molecule has 2 aliphatic rings. The van der Waals surface area contributed by atoms with Crippen molar-refractivity contribution in [3.05, 3.63) is 29.8 Å². The molecule has 3 rings (SSSR count). The Bertz CT molecular complexity index is 638. The summed E-state index contributed by atoms with van der Waals surface area (Å²) in [5, 5.41) is 4.06. The lowest BCUT2D eigenvalue weighted by Gasteiger charge is -2.34. The molecule has 1 N–H and O–H groups in total. The van der Waals surface area contributed by atoms with Crippen molar-refractivity contribution in [2.24, 2.45) is 10.1 Å². The van der Waals surface area contributed by atoms with Crippen LogP contribution >= 0.6 is 0 Å². The number of fused-ring (bicyclic) bond motifs is 3.